The van der Waals surface area contributed by atoms with Crippen molar-refractivity contribution in [3.05, 3.63) is 35.6 Å². The molecule has 1 atom stereocenters. The van der Waals surface area contributed by atoms with Crippen LogP contribution in [0.1, 0.15) is 37.9 Å². The van der Waals surface area contributed by atoms with Crippen LogP contribution in [0.5, 0.6) is 0 Å². The normalized spacial score (nSPS) is 19.5. The predicted octanol–water partition coefficient (Wildman–Crippen LogP) is 2.92. The van der Waals surface area contributed by atoms with E-state index in [1.807, 2.05) is 0 Å². The number of ether oxygens (including phenoxy) is 1. The molecule has 2 rings (SSSR count). The summed E-state index contributed by atoms with van der Waals surface area (Å²) in [6, 6.07) is 6.60. The van der Waals surface area contributed by atoms with Gasteiger partial charge >= 0.3 is 0 Å². The number of nitrogens with zero attached hydrogens (tertiary/aromatic N) is 1. The van der Waals surface area contributed by atoms with Crippen LogP contribution in [0.2, 0.25) is 0 Å². The summed E-state index contributed by atoms with van der Waals surface area (Å²) in [5.74, 6) is -0.123. The fraction of sp³-hybridized carbons (Fsp3) is 0.533. The van der Waals surface area contributed by atoms with Crippen molar-refractivity contribution in [1.82, 2.24) is 4.90 Å². The zero-order valence-electron chi connectivity index (χ0n) is 11.3. The van der Waals surface area contributed by atoms with Crippen molar-refractivity contribution in [2.45, 2.75) is 32.3 Å². The molecule has 0 radical (unpaired) electrons. The smallest absolute Gasteiger partial charge is 0.222 e. The number of carbonyl (C=O) groups excluding carboxylic acids is 1. The van der Waals surface area contributed by atoms with Crippen molar-refractivity contribution in [2.24, 2.45) is 0 Å². The Kier molecular flexibility index (Phi) is 4.91. The summed E-state index contributed by atoms with van der Waals surface area (Å²) in [4.78, 5) is 13.8. The molecule has 0 N–H and O–H groups in total. The molecule has 0 aromatic heterocycles. The lowest BCUT2D eigenvalue weighted by Crippen LogP contribution is -2.42. The minimum absolute atomic E-state index is 0.145. The van der Waals surface area contributed by atoms with Gasteiger partial charge in [0.15, 0.2) is 0 Å². The van der Waals surface area contributed by atoms with Crippen molar-refractivity contribution < 1.29 is 13.9 Å². The maximum atomic E-state index is 13.7. The SMILES string of the molecule is CCCCC(=O)N1CCOC(c2ccccc2F)C1. The average molecular weight is 265 g/mol. The number of halogens is 1. The summed E-state index contributed by atoms with van der Waals surface area (Å²) in [5.41, 5.74) is 0.537. The largest absolute Gasteiger partial charge is 0.370 e. The van der Waals surface area contributed by atoms with Gasteiger partial charge in [0.25, 0.3) is 0 Å². The Hall–Kier alpha value is -1.42. The monoisotopic (exact) mass is 265 g/mol. The van der Waals surface area contributed by atoms with Gasteiger partial charge in [-0.3, -0.25) is 4.79 Å². The molecule has 1 aromatic carbocycles. The van der Waals surface area contributed by atoms with E-state index in [-0.39, 0.29) is 17.8 Å². The maximum Gasteiger partial charge on any atom is 0.222 e. The summed E-state index contributed by atoms with van der Waals surface area (Å²) in [6.45, 7) is 3.59. The number of hydrogen-bond acceptors (Lipinski definition) is 2. The Bertz CT molecular complexity index is 436. The lowest BCUT2D eigenvalue weighted by Gasteiger charge is -2.33. The highest BCUT2D eigenvalue weighted by Crippen LogP contribution is 2.24. The van der Waals surface area contributed by atoms with Gasteiger partial charge in [-0.25, -0.2) is 4.39 Å². The molecule has 1 amide bonds. The van der Waals surface area contributed by atoms with E-state index in [1.54, 1.807) is 23.1 Å². The minimum atomic E-state index is -0.347. The standard InChI is InChI=1S/C15H20FNO2/c1-2-3-8-15(18)17-9-10-19-14(11-17)12-6-4-5-7-13(12)16/h4-7,14H,2-3,8-11H2,1H3. The Morgan fingerprint density at radius 1 is 1.47 bits per heavy atom. The molecule has 0 saturated carbocycles. The minimum Gasteiger partial charge on any atom is -0.370 e. The molecular formula is C15H20FNO2. The van der Waals surface area contributed by atoms with Crippen molar-refractivity contribution in [3.8, 4) is 0 Å². The van der Waals surface area contributed by atoms with Crippen molar-refractivity contribution in [1.29, 1.82) is 0 Å². The van der Waals surface area contributed by atoms with Gasteiger partial charge in [0.1, 0.15) is 11.9 Å². The average Bonchev–Trinajstić information content (AvgIpc) is 2.45. The van der Waals surface area contributed by atoms with Crippen LogP contribution in [0.4, 0.5) is 4.39 Å². The van der Waals surface area contributed by atoms with Gasteiger partial charge in [-0.1, -0.05) is 31.5 Å². The molecule has 0 spiro atoms. The molecule has 1 unspecified atom stereocenters. The first-order chi connectivity index (χ1) is 9.22. The number of amides is 1. The van der Waals surface area contributed by atoms with Gasteiger partial charge in [-0.15, -0.1) is 0 Å². The van der Waals surface area contributed by atoms with Crippen LogP contribution in [0.25, 0.3) is 0 Å². The first-order valence-electron chi connectivity index (χ1n) is 6.86. The Morgan fingerprint density at radius 2 is 2.26 bits per heavy atom. The molecule has 1 fully saturated rings. The lowest BCUT2D eigenvalue weighted by molar-refractivity contribution is -0.139. The van der Waals surface area contributed by atoms with E-state index in [9.17, 15) is 9.18 Å². The van der Waals surface area contributed by atoms with Gasteiger partial charge in [0.2, 0.25) is 5.91 Å². The van der Waals surface area contributed by atoms with E-state index in [2.05, 4.69) is 6.92 Å². The molecule has 1 aromatic rings. The van der Waals surface area contributed by atoms with E-state index in [0.29, 0.717) is 31.7 Å². The van der Waals surface area contributed by atoms with E-state index in [4.69, 9.17) is 4.74 Å². The van der Waals surface area contributed by atoms with Crippen molar-refractivity contribution >= 4 is 5.91 Å². The quantitative estimate of drug-likeness (QED) is 0.837. The van der Waals surface area contributed by atoms with Crippen LogP contribution in [0, 0.1) is 5.82 Å². The fourth-order valence-corrected chi connectivity index (χ4v) is 2.29. The molecular weight excluding hydrogens is 245 g/mol. The number of benzene rings is 1. The molecule has 1 saturated heterocycles. The van der Waals surface area contributed by atoms with Crippen LogP contribution >= 0.6 is 0 Å². The van der Waals surface area contributed by atoms with Crippen molar-refractivity contribution in [2.75, 3.05) is 19.7 Å². The van der Waals surface area contributed by atoms with E-state index >= 15 is 0 Å². The Balaban J connectivity index is 2.01. The molecule has 104 valence electrons. The maximum absolute atomic E-state index is 13.7. The fourth-order valence-electron chi connectivity index (χ4n) is 2.29. The van der Waals surface area contributed by atoms with Gasteiger partial charge in [0.05, 0.1) is 13.2 Å². The number of unbranched alkanes of at least 4 members (excludes halogenated alkanes) is 1. The van der Waals surface area contributed by atoms with E-state index in [1.165, 1.54) is 6.07 Å². The molecule has 1 aliphatic heterocycles. The number of carbonyl (C=O) groups is 1. The third-order valence-electron chi connectivity index (χ3n) is 3.42. The summed E-state index contributed by atoms with van der Waals surface area (Å²) in [7, 11) is 0. The topological polar surface area (TPSA) is 29.5 Å². The van der Waals surface area contributed by atoms with Crippen LogP contribution in [-0.2, 0) is 9.53 Å². The molecule has 0 bridgehead atoms. The number of morpholine rings is 1. The highest BCUT2D eigenvalue weighted by Gasteiger charge is 2.26. The Morgan fingerprint density at radius 3 is 3.00 bits per heavy atom. The zero-order valence-corrected chi connectivity index (χ0v) is 11.3. The van der Waals surface area contributed by atoms with Gasteiger partial charge < -0.3 is 9.64 Å². The second-order valence-electron chi connectivity index (χ2n) is 4.82. The predicted molar refractivity (Wildman–Crippen MR) is 71.2 cm³/mol. The van der Waals surface area contributed by atoms with Gasteiger partial charge in [-0.2, -0.15) is 0 Å². The third-order valence-corrected chi connectivity index (χ3v) is 3.42. The molecule has 1 heterocycles. The molecule has 4 heteroatoms. The summed E-state index contributed by atoms with van der Waals surface area (Å²) in [5, 5.41) is 0. The molecule has 1 aliphatic rings. The molecule has 0 aliphatic carbocycles. The summed E-state index contributed by atoms with van der Waals surface area (Å²) >= 11 is 0. The van der Waals surface area contributed by atoms with Crippen LogP contribution in [0.3, 0.4) is 0 Å². The lowest BCUT2D eigenvalue weighted by atomic mass is 10.1. The van der Waals surface area contributed by atoms with Crippen molar-refractivity contribution in [3.63, 3.8) is 0 Å². The third kappa shape index (κ3) is 3.53. The second-order valence-corrected chi connectivity index (χ2v) is 4.82. The summed E-state index contributed by atoms with van der Waals surface area (Å²) < 4.78 is 19.3. The zero-order chi connectivity index (χ0) is 13.7. The molecule has 3 nitrogen and oxygen atoms in total. The first-order valence-corrected chi connectivity index (χ1v) is 6.86. The highest BCUT2D eigenvalue weighted by atomic mass is 19.1. The highest BCUT2D eigenvalue weighted by molar-refractivity contribution is 5.76. The van der Waals surface area contributed by atoms with E-state index < -0.39 is 0 Å². The van der Waals surface area contributed by atoms with Crippen LogP contribution < -0.4 is 0 Å². The van der Waals surface area contributed by atoms with Crippen LogP contribution in [-0.4, -0.2) is 30.5 Å². The Labute approximate surface area is 113 Å². The first kappa shape index (κ1) is 14.0. The molecule has 19 heavy (non-hydrogen) atoms. The van der Waals surface area contributed by atoms with E-state index in [0.717, 1.165) is 12.8 Å². The summed E-state index contributed by atoms with van der Waals surface area (Å²) in [6.07, 6.45) is 2.13. The van der Waals surface area contributed by atoms with Gasteiger partial charge in [-0.05, 0) is 12.5 Å². The number of rotatable bonds is 4. The number of hydrogen-bond donors (Lipinski definition) is 0. The van der Waals surface area contributed by atoms with Crippen LogP contribution in [0.15, 0.2) is 24.3 Å². The van der Waals surface area contributed by atoms with Gasteiger partial charge in [0, 0.05) is 18.5 Å². The second kappa shape index (κ2) is 6.66.